The van der Waals surface area contributed by atoms with Crippen molar-refractivity contribution in [2.24, 2.45) is 0 Å². The van der Waals surface area contributed by atoms with E-state index in [4.69, 9.17) is 16.3 Å². The number of ether oxygens (including phenoxy) is 1. The van der Waals surface area contributed by atoms with Crippen molar-refractivity contribution in [2.45, 2.75) is 0 Å². The molecule has 0 saturated carbocycles. The SMILES string of the molecule is O=C(NCCN1CCOCC1)c1cccc(C(=O)Nc2cccc(Cl)c2)c1. The summed E-state index contributed by atoms with van der Waals surface area (Å²) in [5.41, 5.74) is 1.47. The fourth-order valence-electron chi connectivity index (χ4n) is 2.83. The summed E-state index contributed by atoms with van der Waals surface area (Å²) in [7, 11) is 0. The molecular weight excluding hydrogens is 366 g/mol. The number of benzene rings is 2. The Balaban J connectivity index is 1.55. The van der Waals surface area contributed by atoms with Crippen molar-refractivity contribution >= 4 is 29.1 Å². The van der Waals surface area contributed by atoms with E-state index in [0.717, 1.165) is 32.8 Å². The van der Waals surface area contributed by atoms with Crippen LogP contribution in [0.2, 0.25) is 5.02 Å². The van der Waals surface area contributed by atoms with Crippen molar-refractivity contribution in [3.63, 3.8) is 0 Å². The summed E-state index contributed by atoms with van der Waals surface area (Å²) >= 11 is 5.93. The van der Waals surface area contributed by atoms with Gasteiger partial charge in [-0.25, -0.2) is 0 Å². The third-order valence-corrected chi connectivity index (χ3v) is 4.52. The van der Waals surface area contributed by atoms with Crippen LogP contribution in [0, 0.1) is 0 Å². The van der Waals surface area contributed by atoms with Crippen molar-refractivity contribution in [1.29, 1.82) is 0 Å². The predicted octanol–water partition coefficient (Wildman–Crippen LogP) is 2.65. The minimum atomic E-state index is -0.291. The van der Waals surface area contributed by atoms with Crippen molar-refractivity contribution in [3.05, 3.63) is 64.7 Å². The Morgan fingerprint density at radius 1 is 1.00 bits per heavy atom. The fraction of sp³-hybridized carbons (Fsp3) is 0.300. The largest absolute Gasteiger partial charge is 0.379 e. The summed E-state index contributed by atoms with van der Waals surface area (Å²) in [4.78, 5) is 27.0. The number of hydrogen-bond donors (Lipinski definition) is 2. The Labute approximate surface area is 163 Å². The molecule has 2 N–H and O–H groups in total. The quantitative estimate of drug-likeness (QED) is 0.799. The van der Waals surface area contributed by atoms with Gasteiger partial charge in [0.25, 0.3) is 11.8 Å². The van der Waals surface area contributed by atoms with Crippen molar-refractivity contribution in [2.75, 3.05) is 44.7 Å². The zero-order valence-electron chi connectivity index (χ0n) is 14.9. The number of morpholine rings is 1. The maximum atomic E-state index is 12.4. The topological polar surface area (TPSA) is 70.7 Å². The molecule has 1 aliphatic rings. The van der Waals surface area contributed by atoms with E-state index in [1.165, 1.54) is 0 Å². The van der Waals surface area contributed by atoms with Gasteiger partial charge in [0.05, 0.1) is 13.2 Å². The van der Waals surface area contributed by atoms with Gasteiger partial charge in [0.1, 0.15) is 0 Å². The Hall–Kier alpha value is -2.41. The normalized spacial score (nSPS) is 14.6. The van der Waals surface area contributed by atoms with Crippen molar-refractivity contribution in [1.82, 2.24) is 10.2 Å². The van der Waals surface area contributed by atoms with Gasteiger partial charge in [0.2, 0.25) is 0 Å². The Morgan fingerprint density at radius 2 is 1.70 bits per heavy atom. The van der Waals surface area contributed by atoms with E-state index in [-0.39, 0.29) is 11.8 Å². The zero-order valence-corrected chi connectivity index (χ0v) is 15.7. The number of carbonyl (C=O) groups excluding carboxylic acids is 2. The van der Waals surface area contributed by atoms with E-state index in [0.29, 0.717) is 28.4 Å². The number of nitrogens with one attached hydrogen (secondary N) is 2. The summed E-state index contributed by atoms with van der Waals surface area (Å²) in [6.45, 7) is 4.57. The molecule has 2 aromatic carbocycles. The number of carbonyl (C=O) groups is 2. The Bertz CT molecular complexity index is 807. The molecule has 0 aromatic heterocycles. The first kappa shape index (κ1) is 19.4. The first-order valence-electron chi connectivity index (χ1n) is 8.87. The second-order valence-electron chi connectivity index (χ2n) is 6.26. The predicted molar refractivity (Wildman–Crippen MR) is 105 cm³/mol. The molecule has 1 aliphatic heterocycles. The second kappa shape index (κ2) is 9.50. The lowest BCUT2D eigenvalue weighted by Gasteiger charge is -2.26. The molecule has 2 aromatic rings. The smallest absolute Gasteiger partial charge is 0.255 e. The lowest BCUT2D eigenvalue weighted by Crippen LogP contribution is -2.41. The van der Waals surface area contributed by atoms with E-state index in [2.05, 4.69) is 15.5 Å². The summed E-state index contributed by atoms with van der Waals surface area (Å²) < 4.78 is 5.31. The molecule has 0 bridgehead atoms. The van der Waals surface area contributed by atoms with Gasteiger partial charge in [-0.15, -0.1) is 0 Å². The number of amides is 2. The first-order valence-corrected chi connectivity index (χ1v) is 9.25. The maximum absolute atomic E-state index is 12.4. The highest BCUT2D eigenvalue weighted by Gasteiger charge is 2.13. The van der Waals surface area contributed by atoms with Crippen LogP contribution in [-0.2, 0) is 4.74 Å². The average molecular weight is 388 g/mol. The minimum Gasteiger partial charge on any atom is -0.379 e. The van der Waals surface area contributed by atoms with Crippen LogP contribution in [0.5, 0.6) is 0 Å². The lowest BCUT2D eigenvalue weighted by molar-refractivity contribution is 0.0383. The van der Waals surface area contributed by atoms with Crippen molar-refractivity contribution < 1.29 is 14.3 Å². The number of nitrogens with zero attached hydrogens (tertiary/aromatic N) is 1. The summed E-state index contributed by atoms with van der Waals surface area (Å²) in [6, 6.07) is 13.6. The van der Waals surface area contributed by atoms with Crippen LogP contribution in [0.15, 0.2) is 48.5 Å². The van der Waals surface area contributed by atoms with Gasteiger partial charge in [0, 0.05) is 48.0 Å². The second-order valence-corrected chi connectivity index (χ2v) is 6.69. The molecule has 0 unspecified atom stereocenters. The first-order chi connectivity index (χ1) is 13.1. The van der Waals surface area contributed by atoms with Crippen LogP contribution < -0.4 is 10.6 Å². The van der Waals surface area contributed by atoms with Crippen LogP contribution in [-0.4, -0.2) is 56.1 Å². The monoisotopic (exact) mass is 387 g/mol. The van der Waals surface area contributed by atoms with E-state index in [1.807, 2.05) is 0 Å². The maximum Gasteiger partial charge on any atom is 0.255 e. The van der Waals surface area contributed by atoms with Gasteiger partial charge in [-0.1, -0.05) is 23.7 Å². The molecule has 1 saturated heterocycles. The van der Waals surface area contributed by atoms with Crippen molar-refractivity contribution in [3.8, 4) is 0 Å². The average Bonchev–Trinajstić information content (AvgIpc) is 2.69. The van der Waals surface area contributed by atoms with Gasteiger partial charge in [-0.2, -0.15) is 0 Å². The highest BCUT2D eigenvalue weighted by molar-refractivity contribution is 6.31. The van der Waals surface area contributed by atoms with Gasteiger partial charge >= 0.3 is 0 Å². The van der Waals surface area contributed by atoms with Gasteiger partial charge in [-0.05, 0) is 36.4 Å². The Kier molecular flexibility index (Phi) is 6.81. The van der Waals surface area contributed by atoms with E-state index in [9.17, 15) is 9.59 Å². The molecule has 6 nitrogen and oxygen atoms in total. The molecule has 0 aliphatic carbocycles. The van der Waals surface area contributed by atoms with Crippen LogP contribution in [0.4, 0.5) is 5.69 Å². The molecule has 0 atom stereocenters. The Morgan fingerprint density at radius 3 is 2.44 bits per heavy atom. The summed E-state index contributed by atoms with van der Waals surface area (Å²) in [6.07, 6.45) is 0. The summed E-state index contributed by atoms with van der Waals surface area (Å²) in [5.74, 6) is -0.485. The minimum absolute atomic E-state index is 0.194. The molecule has 0 radical (unpaired) electrons. The number of rotatable bonds is 6. The third kappa shape index (κ3) is 5.79. The van der Waals surface area contributed by atoms with E-state index < -0.39 is 0 Å². The van der Waals surface area contributed by atoms with Crippen LogP contribution in [0.3, 0.4) is 0 Å². The molecule has 7 heteroatoms. The lowest BCUT2D eigenvalue weighted by atomic mass is 10.1. The van der Waals surface area contributed by atoms with Gasteiger partial charge in [-0.3, -0.25) is 14.5 Å². The summed E-state index contributed by atoms with van der Waals surface area (Å²) in [5, 5.41) is 6.22. The highest BCUT2D eigenvalue weighted by atomic mass is 35.5. The molecule has 2 amide bonds. The zero-order chi connectivity index (χ0) is 19.1. The molecule has 1 fully saturated rings. The van der Waals surface area contributed by atoms with E-state index >= 15 is 0 Å². The molecule has 0 spiro atoms. The number of halogens is 1. The molecule has 3 rings (SSSR count). The van der Waals surface area contributed by atoms with E-state index in [1.54, 1.807) is 48.5 Å². The third-order valence-electron chi connectivity index (χ3n) is 4.29. The molecule has 142 valence electrons. The molecular formula is C20H22ClN3O3. The molecule has 27 heavy (non-hydrogen) atoms. The van der Waals surface area contributed by atoms with Crippen LogP contribution >= 0.6 is 11.6 Å². The highest BCUT2D eigenvalue weighted by Crippen LogP contribution is 2.16. The van der Waals surface area contributed by atoms with Crippen LogP contribution in [0.1, 0.15) is 20.7 Å². The standard InChI is InChI=1S/C20H22ClN3O3/c21-17-5-2-6-18(14-17)23-20(26)16-4-1-3-15(13-16)19(25)22-7-8-24-9-11-27-12-10-24/h1-6,13-14H,7-12H2,(H,22,25)(H,23,26). The van der Waals surface area contributed by atoms with Crippen LogP contribution in [0.25, 0.3) is 0 Å². The van der Waals surface area contributed by atoms with Gasteiger partial charge in [0.15, 0.2) is 0 Å². The van der Waals surface area contributed by atoms with Gasteiger partial charge < -0.3 is 15.4 Å². The fourth-order valence-corrected chi connectivity index (χ4v) is 3.02. The number of anilines is 1. The molecule has 1 heterocycles. The number of hydrogen-bond acceptors (Lipinski definition) is 4.